The number of aryl methyl sites for hydroxylation is 1. The molecule has 1 aliphatic rings. The van der Waals surface area contributed by atoms with E-state index in [1.165, 1.54) is 0 Å². The second-order valence-electron chi connectivity index (χ2n) is 7.10. The van der Waals surface area contributed by atoms with E-state index in [1.807, 2.05) is 49.4 Å². The lowest BCUT2D eigenvalue weighted by molar-refractivity contribution is -0.141. The molecule has 0 aliphatic carbocycles. The van der Waals surface area contributed by atoms with Gasteiger partial charge in [0.05, 0.1) is 7.11 Å². The van der Waals surface area contributed by atoms with E-state index in [0.29, 0.717) is 30.9 Å². The molecule has 0 saturated carbocycles. The Bertz CT molecular complexity index is 899. The maximum atomic E-state index is 13.2. The summed E-state index contributed by atoms with van der Waals surface area (Å²) in [7, 11) is 3.19. The van der Waals surface area contributed by atoms with Crippen LogP contribution in [0, 0.1) is 0 Å². The number of nitrogens with zero attached hydrogens (tertiary/aromatic N) is 1. The summed E-state index contributed by atoms with van der Waals surface area (Å²) < 4.78 is 16.0. The molecule has 1 N–H and O–H groups in total. The predicted molar refractivity (Wildman–Crippen MR) is 113 cm³/mol. The van der Waals surface area contributed by atoms with Gasteiger partial charge in [0.15, 0.2) is 11.5 Å². The zero-order valence-electron chi connectivity index (χ0n) is 17.6. The van der Waals surface area contributed by atoms with E-state index >= 15 is 0 Å². The van der Waals surface area contributed by atoms with Crippen molar-refractivity contribution in [1.82, 2.24) is 10.2 Å². The molecular weight excluding hydrogens is 384 g/mol. The van der Waals surface area contributed by atoms with Gasteiger partial charge in [-0.2, -0.15) is 0 Å². The van der Waals surface area contributed by atoms with Crippen LogP contribution in [-0.4, -0.2) is 43.7 Å². The van der Waals surface area contributed by atoms with Crippen LogP contribution in [0.4, 0.5) is 0 Å². The molecule has 160 valence electrons. The molecule has 0 aromatic heterocycles. The van der Waals surface area contributed by atoms with Gasteiger partial charge in [-0.25, -0.2) is 0 Å². The molecule has 30 heavy (non-hydrogen) atoms. The monoisotopic (exact) mass is 412 g/mol. The van der Waals surface area contributed by atoms with Crippen LogP contribution >= 0.6 is 0 Å². The Labute approximate surface area is 176 Å². The predicted octanol–water partition coefficient (Wildman–Crippen LogP) is 2.91. The number of hydrogen-bond acceptors (Lipinski definition) is 5. The third-order valence-corrected chi connectivity index (χ3v) is 5.18. The van der Waals surface area contributed by atoms with E-state index in [0.717, 1.165) is 16.9 Å². The SMILES string of the molecule is CC[C@@H](C(=O)NC)N(Cc1cccc(OC)c1)C(=O)CCc1ccc2c(c1)OCO2. The minimum atomic E-state index is -0.537. The third kappa shape index (κ3) is 5.03. The van der Waals surface area contributed by atoms with Gasteiger partial charge >= 0.3 is 0 Å². The van der Waals surface area contributed by atoms with Crippen molar-refractivity contribution in [2.75, 3.05) is 21.0 Å². The highest BCUT2D eigenvalue weighted by atomic mass is 16.7. The highest BCUT2D eigenvalue weighted by molar-refractivity contribution is 5.87. The van der Waals surface area contributed by atoms with E-state index in [9.17, 15) is 9.59 Å². The van der Waals surface area contributed by atoms with Crippen LogP contribution < -0.4 is 19.5 Å². The van der Waals surface area contributed by atoms with Gasteiger partial charge in [0.25, 0.3) is 0 Å². The maximum Gasteiger partial charge on any atom is 0.242 e. The number of benzene rings is 2. The number of amides is 2. The molecule has 0 spiro atoms. The first-order chi connectivity index (χ1) is 14.5. The normalized spacial score (nSPS) is 12.9. The Morgan fingerprint density at radius 1 is 1.13 bits per heavy atom. The molecule has 0 bridgehead atoms. The van der Waals surface area contributed by atoms with Crippen LogP contribution in [0.5, 0.6) is 17.2 Å². The number of hydrogen-bond donors (Lipinski definition) is 1. The molecule has 0 fully saturated rings. The molecule has 7 heteroatoms. The molecule has 2 amide bonds. The van der Waals surface area contributed by atoms with Crippen molar-refractivity contribution in [1.29, 1.82) is 0 Å². The highest BCUT2D eigenvalue weighted by Gasteiger charge is 2.28. The van der Waals surface area contributed by atoms with Crippen molar-refractivity contribution in [2.24, 2.45) is 0 Å². The molecule has 1 aliphatic heterocycles. The summed E-state index contributed by atoms with van der Waals surface area (Å²) in [4.78, 5) is 27.3. The van der Waals surface area contributed by atoms with Crippen molar-refractivity contribution in [3.05, 3.63) is 53.6 Å². The van der Waals surface area contributed by atoms with Gasteiger partial charge in [-0.15, -0.1) is 0 Å². The van der Waals surface area contributed by atoms with Crippen molar-refractivity contribution in [3.8, 4) is 17.2 Å². The summed E-state index contributed by atoms with van der Waals surface area (Å²) in [5, 5.41) is 2.67. The second-order valence-corrected chi connectivity index (χ2v) is 7.10. The molecule has 3 rings (SSSR count). The Morgan fingerprint density at radius 2 is 1.93 bits per heavy atom. The molecule has 2 aromatic rings. The van der Waals surface area contributed by atoms with Gasteiger partial charge in [-0.1, -0.05) is 25.1 Å². The van der Waals surface area contributed by atoms with Gasteiger partial charge in [-0.3, -0.25) is 9.59 Å². The van der Waals surface area contributed by atoms with Crippen LogP contribution in [-0.2, 0) is 22.6 Å². The van der Waals surface area contributed by atoms with Gasteiger partial charge < -0.3 is 24.4 Å². The topological polar surface area (TPSA) is 77.1 Å². The standard InChI is InChI=1S/C23H28N2O5/c1-4-19(23(27)24-2)25(14-17-6-5-7-18(12-17)28-3)22(26)11-9-16-8-10-20-21(13-16)30-15-29-20/h5-8,10,12-13,19H,4,9,11,14-15H2,1-3H3,(H,24,27)/t19-/m0/s1. The average molecular weight is 412 g/mol. The van der Waals surface area contributed by atoms with Crippen LogP contribution in [0.25, 0.3) is 0 Å². The number of rotatable bonds is 9. The number of methoxy groups -OCH3 is 1. The Morgan fingerprint density at radius 3 is 2.67 bits per heavy atom. The number of carbonyl (C=O) groups excluding carboxylic acids is 2. The largest absolute Gasteiger partial charge is 0.497 e. The molecule has 0 saturated heterocycles. The summed E-state index contributed by atoms with van der Waals surface area (Å²) in [5.41, 5.74) is 1.90. The van der Waals surface area contributed by atoms with E-state index < -0.39 is 6.04 Å². The van der Waals surface area contributed by atoms with Gasteiger partial charge in [-0.05, 0) is 48.2 Å². The lowest BCUT2D eigenvalue weighted by Gasteiger charge is -2.30. The summed E-state index contributed by atoms with van der Waals surface area (Å²) in [6.07, 6.45) is 1.37. The molecule has 1 heterocycles. The minimum absolute atomic E-state index is 0.0778. The first kappa shape index (κ1) is 21.5. The first-order valence-corrected chi connectivity index (χ1v) is 10.1. The molecule has 1 atom stereocenters. The van der Waals surface area contributed by atoms with Crippen molar-refractivity contribution in [2.45, 2.75) is 38.8 Å². The lowest BCUT2D eigenvalue weighted by Crippen LogP contribution is -2.48. The number of carbonyl (C=O) groups is 2. The van der Waals surface area contributed by atoms with Gasteiger partial charge in [0, 0.05) is 20.0 Å². The minimum Gasteiger partial charge on any atom is -0.497 e. The molecule has 0 radical (unpaired) electrons. The lowest BCUT2D eigenvalue weighted by atomic mass is 10.1. The van der Waals surface area contributed by atoms with E-state index in [2.05, 4.69) is 5.32 Å². The van der Waals surface area contributed by atoms with Crippen LogP contribution in [0.15, 0.2) is 42.5 Å². The number of nitrogens with one attached hydrogen (secondary N) is 1. The van der Waals surface area contributed by atoms with E-state index in [-0.39, 0.29) is 25.0 Å². The van der Waals surface area contributed by atoms with Crippen molar-refractivity contribution in [3.63, 3.8) is 0 Å². The van der Waals surface area contributed by atoms with E-state index in [4.69, 9.17) is 14.2 Å². The fourth-order valence-corrected chi connectivity index (χ4v) is 3.54. The van der Waals surface area contributed by atoms with Crippen molar-refractivity contribution < 1.29 is 23.8 Å². The molecule has 2 aromatic carbocycles. The Kier molecular flexibility index (Phi) is 7.17. The fourth-order valence-electron chi connectivity index (χ4n) is 3.54. The highest BCUT2D eigenvalue weighted by Crippen LogP contribution is 2.32. The number of likely N-dealkylation sites (N-methyl/N-ethyl adjacent to an activating group) is 1. The van der Waals surface area contributed by atoms with Gasteiger partial charge in [0.1, 0.15) is 11.8 Å². The van der Waals surface area contributed by atoms with Crippen LogP contribution in [0.2, 0.25) is 0 Å². The maximum absolute atomic E-state index is 13.2. The Hall–Kier alpha value is -3.22. The van der Waals surface area contributed by atoms with Gasteiger partial charge in [0.2, 0.25) is 18.6 Å². The summed E-state index contributed by atoms with van der Waals surface area (Å²) in [6, 6.07) is 12.7. The zero-order valence-corrected chi connectivity index (χ0v) is 17.6. The third-order valence-electron chi connectivity index (χ3n) is 5.18. The quantitative estimate of drug-likeness (QED) is 0.685. The first-order valence-electron chi connectivity index (χ1n) is 10.1. The summed E-state index contributed by atoms with van der Waals surface area (Å²) in [6.45, 7) is 2.46. The van der Waals surface area contributed by atoms with Crippen molar-refractivity contribution >= 4 is 11.8 Å². The zero-order chi connectivity index (χ0) is 21.5. The second kappa shape index (κ2) is 10.0. The Balaban J connectivity index is 1.75. The molecule has 0 unspecified atom stereocenters. The number of ether oxygens (including phenoxy) is 3. The van der Waals surface area contributed by atoms with Crippen LogP contribution in [0.1, 0.15) is 30.9 Å². The summed E-state index contributed by atoms with van der Waals surface area (Å²) >= 11 is 0. The average Bonchev–Trinajstić information content (AvgIpc) is 3.25. The molecular formula is C23H28N2O5. The number of fused-ring (bicyclic) bond motifs is 1. The smallest absolute Gasteiger partial charge is 0.242 e. The van der Waals surface area contributed by atoms with Crippen LogP contribution in [0.3, 0.4) is 0 Å². The molecule has 7 nitrogen and oxygen atoms in total. The fraction of sp³-hybridized carbons (Fsp3) is 0.391. The summed E-state index contributed by atoms with van der Waals surface area (Å²) in [5.74, 6) is 1.89. The van der Waals surface area contributed by atoms with E-state index in [1.54, 1.807) is 19.1 Å².